The van der Waals surface area contributed by atoms with Gasteiger partial charge in [-0.15, -0.1) is 0 Å². The fourth-order valence-electron chi connectivity index (χ4n) is 3.35. The molecular formula is C25H27F3O8. The zero-order valence-electron chi connectivity index (χ0n) is 20.2. The number of allylic oxidation sites excluding steroid dienone is 4. The molecule has 0 fully saturated rings. The summed E-state index contributed by atoms with van der Waals surface area (Å²) in [5, 5.41) is 0. The molecule has 196 valence electrons. The van der Waals surface area contributed by atoms with Gasteiger partial charge in [-0.2, -0.15) is 13.2 Å². The number of benzene rings is 1. The molecule has 1 aromatic rings. The predicted molar refractivity (Wildman–Crippen MR) is 122 cm³/mol. The lowest BCUT2D eigenvalue weighted by Crippen LogP contribution is -2.20. The van der Waals surface area contributed by atoms with Gasteiger partial charge in [0.1, 0.15) is 0 Å². The maximum atomic E-state index is 13.8. The molecule has 36 heavy (non-hydrogen) atoms. The summed E-state index contributed by atoms with van der Waals surface area (Å²) < 4.78 is 60.7. The highest BCUT2D eigenvalue weighted by Crippen LogP contribution is 2.48. The van der Waals surface area contributed by atoms with Gasteiger partial charge in [-0.25, -0.2) is 9.59 Å². The van der Waals surface area contributed by atoms with Gasteiger partial charge in [-0.1, -0.05) is 32.3 Å². The van der Waals surface area contributed by atoms with E-state index >= 15 is 0 Å². The molecule has 1 aliphatic carbocycles. The highest BCUT2D eigenvalue weighted by Gasteiger charge is 2.40. The second kappa shape index (κ2) is 12.9. The fraction of sp³-hybridized carbons (Fsp3) is 0.440. The van der Waals surface area contributed by atoms with Gasteiger partial charge in [0.15, 0.2) is 24.7 Å². The molecule has 0 atom stereocenters. The summed E-state index contributed by atoms with van der Waals surface area (Å²) in [5.74, 6) is -4.54. The molecular weight excluding hydrogens is 485 g/mol. The number of hydrogen-bond acceptors (Lipinski definition) is 8. The molecule has 11 heteroatoms. The Kier molecular flexibility index (Phi) is 10.2. The number of halogens is 3. The minimum Gasteiger partial charge on any atom is -0.454 e. The van der Waals surface area contributed by atoms with E-state index in [1.54, 1.807) is 6.08 Å². The number of ether oxygens (including phenoxy) is 4. The lowest BCUT2D eigenvalue weighted by atomic mass is 10.0. The predicted octanol–water partition coefficient (Wildman–Crippen LogP) is 4.94. The SMILES string of the molecule is CCCCCCC=C1C=C(C(F)(F)F)c2cc(OC(=O)COC(C)=O)c(OC(=O)COC(C)=O)cc21. The lowest BCUT2D eigenvalue weighted by Gasteiger charge is -2.15. The van der Waals surface area contributed by atoms with Crippen LogP contribution in [-0.2, 0) is 28.7 Å². The van der Waals surface area contributed by atoms with Crippen molar-refractivity contribution in [2.24, 2.45) is 0 Å². The molecule has 0 N–H and O–H groups in total. The Bertz CT molecular complexity index is 1070. The first kappa shape index (κ1) is 28.6. The van der Waals surface area contributed by atoms with E-state index in [2.05, 4.69) is 9.47 Å². The number of unbranched alkanes of at least 4 members (excludes halogenated alkanes) is 4. The Morgan fingerprint density at radius 2 is 1.36 bits per heavy atom. The van der Waals surface area contributed by atoms with Gasteiger partial charge < -0.3 is 18.9 Å². The lowest BCUT2D eigenvalue weighted by molar-refractivity contribution is -0.153. The van der Waals surface area contributed by atoms with Gasteiger partial charge in [-0.05, 0) is 47.8 Å². The summed E-state index contributed by atoms with van der Waals surface area (Å²) in [6.07, 6.45) is 2.23. The fourth-order valence-corrected chi connectivity index (χ4v) is 3.35. The largest absolute Gasteiger partial charge is 0.454 e. The number of carbonyl (C=O) groups excluding carboxylic acids is 4. The second-order valence-corrected chi connectivity index (χ2v) is 7.92. The summed E-state index contributed by atoms with van der Waals surface area (Å²) in [6, 6.07) is 2.09. The van der Waals surface area contributed by atoms with Crippen LogP contribution in [0.3, 0.4) is 0 Å². The number of carbonyl (C=O) groups is 4. The molecule has 0 saturated carbocycles. The smallest absolute Gasteiger partial charge is 0.417 e. The van der Waals surface area contributed by atoms with E-state index in [-0.39, 0.29) is 22.4 Å². The molecule has 1 aliphatic rings. The average Bonchev–Trinajstić information content (AvgIpc) is 3.14. The zero-order chi connectivity index (χ0) is 26.9. The molecule has 0 amide bonds. The highest BCUT2D eigenvalue weighted by molar-refractivity contribution is 5.98. The minimum absolute atomic E-state index is 0.132. The van der Waals surface area contributed by atoms with E-state index in [0.29, 0.717) is 6.42 Å². The zero-order valence-corrected chi connectivity index (χ0v) is 20.2. The first-order valence-corrected chi connectivity index (χ1v) is 11.3. The molecule has 0 aromatic heterocycles. The van der Waals surface area contributed by atoms with E-state index in [0.717, 1.165) is 57.7 Å². The van der Waals surface area contributed by atoms with Gasteiger partial charge >= 0.3 is 30.1 Å². The van der Waals surface area contributed by atoms with Crippen LogP contribution in [-0.4, -0.2) is 43.3 Å². The maximum absolute atomic E-state index is 13.8. The monoisotopic (exact) mass is 512 g/mol. The molecule has 0 heterocycles. The maximum Gasteiger partial charge on any atom is 0.417 e. The van der Waals surface area contributed by atoms with Crippen LogP contribution < -0.4 is 9.47 Å². The van der Waals surface area contributed by atoms with Crippen LogP contribution in [0, 0.1) is 0 Å². The topological polar surface area (TPSA) is 105 Å². The van der Waals surface area contributed by atoms with Crippen molar-refractivity contribution in [3.05, 3.63) is 35.4 Å². The van der Waals surface area contributed by atoms with Gasteiger partial charge in [-0.3, -0.25) is 9.59 Å². The first-order chi connectivity index (χ1) is 16.9. The number of rotatable bonds is 11. The quantitative estimate of drug-likeness (QED) is 0.233. The van der Waals surface area contributed by atoms with Crippen LogP contribution in [0.5, 0.6) is 11.5 Å². The van der Waals surface area contributed by atoms with Crippen LogP contribution in [0.1, 0.15) is 64.0 Å². The standard InChI is InChI=1S/C25H27F3O8/c1-4-5-6-7-8-9-17-10-20(25(26,27)28)19-12-22(36-24(32)14-34-16(3)30)21(11-18(17)19)35-23(31)13-33-15(2)29/h9-12H,4-8,13-14H2,1-3H3. The molecule has 8 nitrogen and oxygen atoms in total. The number of alkyl halides is 3. The highest BCUT2D eigenvalue weighted by atomic mass is 19.4. The summed E-state index contributed by atoms with van der Waals surface area (Å²) in [7, 11) is 0. The van der Waals surface area contributed by atoms with Crippen molar-refractivity contribution >= 4 is 35.0 Å². The summed E-state index contributed by atoms with van der Waals surface area (Å²) in [5.41, 5.74) is -0.804. The van der Waals surface area contributed by atoms with Crippen LogP contribution in [0.2, 0.25) is 0 Å². The Labute approximate surface area is 206 Å². The minimum atomic E-state index is -4.71. The van der Waals surface area contributed by atoms with Gasteiger partial charge in [0, 0.05) is 13.8 Å². The van der Waals surface area contributed by atoms with Gasteiger partial charge in [0.05, 0.1) is 5.57 Å². The Morgan fingerprint density at radius 1 is 0.833 bits per heavy atom. The molecule has 0 radical (unpaired) electrons. The van der Waals surface area contributed by atoms with Crippen molar-refractivity contribution in [1.29, 1.82) is 0 Å². The third kappa shape index (κ3) is 8.54. The second-order valence-electron chi connectivity index (χ2n) is 7.92. The normalized spacial score (nSPS) is 13.6. The van der Waals surface area contributed by atoms with E-state index < -0.39 is 54.6 Å². The van der Waals surface area contributed by atoms with E-state index in [1.165, 1.54) is 0 Å². The molecule has 0 unspecified atom stereocenters. The van der Waals surface area contributed by atoms with Crippen molar-refractivity contribution in [3.8, 4) is 11.5 Å². The summed E-state index contributed by atoms with van der Waals surface area (Å²) in [6.45, 7) is 2.61. The van der Waals surface area contributed by atoms with E-state index in [4.69, 9.17) is 9.47 Å². The van der Waals surface area contributed by atoms with E-state index in [1.807, 2.05) is 6.92 Å². The van der Waals surface area contributed by atoms with Crippen molar-refractivity contribution < 1.29 is 51.3 Å². The molecule has 0 saturated heterocycles. The first-order valence-electron chi connectivity index (χ1n) is 11.3. The average molecular weight is 512 g/mol. The number of esters is 4. The molecule has 0 bridgehead atoms. The summed E-state index contributed by atoms with van der Waals surface area (Å²) >= 11 is 0. The number of hydrogen-bond donors (Lipinski definition) is 0. The van der Waals surface area contributed by atoms with Crippen molar-refractivity contribution in [2.75, 3.05) is 13.2 Å². The summed E-state index contributed by atoms with van der Waals surface area (Å²) in [4.78, 5) is 46.1. The Balaban J connectivity index is 2.46. The Hall–Kier alpha value is -3.63. The van der Waals surface area contributed by atoms with E-state index in [9.17, 15) is 32.3 Å². The van der Waals surface area contributed by atoms with Crippen molar-refractivity contribution in [2.45, 2.75) is 59.1 Å². The Morgan fingerprint density at radius 3 is 1.83 bits per heavy atom. The molecule has 2 rings (SSSR count). The van der Waals surface area contributed by atoms with Crippen LogP contribution >= 0.6 is 0 Å². The van der Waals surface area contributed by atoms with Crippen LogP contribution in [0.15, 0.2) is 24.3 Å². The van der Waals surface area contributed by atoms with Gasteiger partial charge in [0.25, 0.3) is 0 Å². The third-order valence-corrected chi connectivity index (χ3v) is 4.95. The van der Waals surface area contributed by atoms with Crippen molar-refractivity contribution in [1.82, 2.24) is 0 Å². The molecule has 1 aromatic carbocycles. The molecule has 0 spiro atoms. The number of fused-ring (bicyclic) bond motifs is 1. The van der Waals surface area contributed by atoms with Crippen LogP contribution in [0.25, 0.3) is 11.1 Å². The molecule has 0 aliphatic heterocycles. The van der Waals surface area contributed by atoms with Crippen LogP contribution in [0.4, 0.5) is 13.2 Å². The third-order valence-electron chi connectivity index (χ3n) is 4.95. The van der Waals surface area contributed by atoms with Crippen molar-refractivity contribution in [3.63, 3.8) is 0 Å². The van der Waals surface area contributed by atoms with Gasteiger partial charge in [0.2, 0.25) is 0 Å².